The lowest BCUT2D eigenvalue weighted by molar-refractivity contribution is -0.207. The summed E-state index contributed by atoms with van der Waals surface area (Å²) in [5, 5.41) is 0. The second-order valence-electron chi connectivity index (χ2n) is 5.21. The topological polar surface area (TPSA) is 18.5 Å². The lowest BCUT2D eigenvalue weighted by Crippen LogP contribution is -2.43. The summed E-state index contributed by atoms with van der Waals surface area (Å²) in [7, 11) is 0. The maximum absolute atomic E-state index is 5.74. The standard InChI is InChI=1S/C11H20O2/c1-9-4-5-11(8-10(9,2)3)12-6-7-13-11/h9H,4-8H2,1-3H3/t9-/m1/s1. The first-order valence-electron chi connectivity index (χ1n) is 5.32. The fourth-order valence-electron chi connectivity index (χ4n) is 2.53. The molecule has 13 heavy (non-hydrogen) atoms. The molecule has 1 aliphatic heterocycles. The molecular weight excluding hydrogens is 164 g/mol. The molecule has 2 rings (SSSR count). The van der Waals surface area contributed by atoms with E-state index < -0.39 is 0 Å². The molecule has 0 aromatic carbocycles. The van der Waals surface area contributed by atoms with Gasteiger partial charge in [-0.15, -0.1) is 0 Å². The summed E-state index contributed by atoms with van der Waals surface area (Å²) in [6, 6.07) is 0. The molecule has 0 aromatic heterocycles. The van der Waals surface area contributed by atoms with Gasteiger partial charge in [0.25, 0.3) is 0 Å². The molecule has 76 valence electrons. The maximum atomic E-state index is 5.74. The second-order valence-corrected chi connectivity index (χ2v) is 5.21. The van der Waals surface area contributed by atoms with E-state index in [1.807, 2.05) is 0 Å². The van der Waals surface area contributed by atoms with Gasteiger partial charge in [-0.1, -0.05) is 20.8 Å². The van der Waals surface area contributed by atoms with Crippen molar-refractivity contribution in [3.8, 4) is 0 Å². The Morgan fingerprint density at radius 2 is 1.77 bits per heavy atom. The van der Waals surface area contributed by atoms with Crippen molar-refractivity contribution in [1.82, 2.24) is 0 Å². The fraction of sp³-hybridized carbons (Fsp3) is 1.00. The normalized spacial score (nSPS) is 36.7. The highest BCUT2D eigenvalue weighted by Crippen LogP contribution is 2.48. The monoisotopic (exact) mass is 184 g/mol. The largest absolute Gasteiger partial charge is 0.348 e. The van der Waals surface area contributed by atoms with Gasteiger partial charge in [-0.2, -0.15) is 0 Å². The summed E-state index contributed by atoms with van der Waals surface area (Å²) >= 11 is 0. The highest BCUT2D eigenvalue weighted by molar-refractivity contribution is 4.91. The SMILES string of the molecule is C[C@@H]1CCC2(CC1(C)C)OCCO2. The summed E-state index contributed by atoms with van der Waals surface area (Å²) in [6.45, 7) is 8.55. The van der Waals surface area contributed by atoms with Crippen molar-refractivity contribution in [1.29, 1.82) is 0 Å². The van der Waals surface area contributed by atoms with E-state index in [1.54, 1.807) is 0 Å². The first-order valence-corrected chi connectivity index (χ1v) is 5.32. The molecule has 0 unspecified atom stereocenters. The number of hydrogen-bond acceptors (Lipinski definition) is 2. The third kappa shape index (κ3) is 1.62. The Morgan fingerprint density at radius 3 is 2.31 bits per heavy atom. The smallest absolute Gasteiger partial charge is 0.169 e. The van der Waals surface area contributed by atoms with Crippen molar-refractivity contribution in [2.24, 2.45) is 11.3 Å². The van der Waals surface area contributed by atoms with E-state index >= 15 is 0 Å². The zero-order valence-electron chi connectivity index (χ0n) is 8.93. The van der Waals surface area contributed by atoms with Crippen LogP contribution in [0, 0.1) is 11.3 Å². The lowest BCUT2D eigenvalue weighted by Gasteiger charge is -2.45. The van der Waals surface area contributed by atoms with Gasteiger partial charge in [0.05, 0.1) is 13.2 Å². The molecule has 0 radical (unpaired) electrons. The van der Waals surface area contributed by atoms with Crippen LogP contribution in [0.25, 0.3) is 0 Å². The van der Waals surface area contributed by atoms with E-state index in [9.17, 15) is 0 Å². The molecule has 1 heterocycles. The summed E-state index contributed by atoms with van der Waals surface area (Å²) in [4.78, 5) is 0. The third-order valence-electron chi connectivity index (χ3n) is 3.83. The van der Waals surface area contributed by atoms with Gasteiger partial charge in [0.15, 0.2) is 5.79 Å². The highest BCUT2D eigenvalue weighted by Gasteiger charge is 2.47. The van der Waals surface area contributed by atoms with Gasteiger partial charge in [-0.3, -0.25) is 0 Å². The van der Waals surface area contributed by atoms with Crippen LogP contribution in [0.4, 0.5) is 0 Å². The van der Waals surface area contributed by atoms with Crippen LogP contribution in [-0.2, 0) is 9.47 Å². The Bertz CT molecular complexity index is 192. The van der Waals surface area contributed by atoms with Gasteiger partial charge >= 0.3 is 0 Å². The van der Waals surface area contributed by atoms with Crippen LogP contribution in [0.3, 0.4) is 0 Å². The summed E-state index contributed by atoms with van der Waals surface area (Å²) in [6.07, 6.45) is 3.37. The number of ether oxygens (including phenoxy) is 2. The Labute approximate surface area is 80.6 Å². The van der Waals surface area contributed by atoms with Crippen LogP contribution >= 0.6 is 0 Å². The molecule has 1 saturated heterocycles. The quantitative estimate of drug-likeness (QED) is 0.576. The molecule has 1 aliphatic carbocycles. The summed E-state index contributed by atoms with van der Waals surface area (Å²) in [5.41, 5.74) is 0.364. The van der Waals surface area contributed by atoms with Gasteiger partial charge in [-0.05, 0) is 17.8 Å². The average molecular weight is 184 g/mol. The van der Waals surface area contributed by atoms with Gasteiger partial charge in [0, 0.05) is 12.8 Å². The van der Waals surface area contributed by atoms with E-state index in [1.165, 1.54) is 6.42 Å². The minimum Gasteiger partial charge on any atom is -0.348 e. The Kier molecular flexibility index (Phi) is 2.16. The Hall–Kier alpha value is -0.0800. The van der Waals surface area contributed by atoms with Gasteiger partial charge in [0.2, 0.25) is 0 Å². The molecular formula is C11H20O2. The zero-order chi connectivity index (χ0) is 9.53. The van der Waals surface area contributed by atoms with Gasteiger partial charge in [0.1, 0.15) is 0 Å². The van der Waals surface area contributed by atoms with Crippen molar-refractivity contribution in [3.63, 3.8) is 0 Å². The van der Waals surface area contributed by atoms with Crippen LogP contribution < -0.4 is 0 Å². The van der Waals surface area contributed by atoms with Crippen LogP contribution in [-0.4, -0.2) is 19.0 Å². The van der Waals surface area contributed by atoms with E-state index in [0.29, 0.717) is 5.41 Å². The zero-order valence-corrected chi connectivity index (χ0v) is 8.93. The van der Waals surface area contributed by atoms with Crippen molar-refractivity contribution >= 4 is 0 Å². The number of rotatable bonds is 0. The van der Waals surface area contributed by atoms with Crippen LogP contribution in [0.1, 0.15) is 40.0 Å². The van der Waals surface area contributed by atoms with Gasteiger partial charge < -0.3 is 9.47 Å². The molecule has 0 amide bonds. The minimum atomic E-state index is -0.212. The Morgan fingerprint density at radius 1 is 1.15 bits per heavy atom. The predicted octanol–water partition coefficient (Wildman–Crippen LogP) is 2.58. The van der Waals surface area contributed by atoms with Crippen LogP contribution in [0.15, 0.2) is 0 Å². The van der Waals surface area contributed by atoms with E-state index in [-0.39, 0.29) is 5.79 Å². The molecule has 0 bridgehead atoms. The average Bonchev–Trinajstić information content (AvgIpc) is 2.46. The molecule has 0 N–H and O–H groups in total. The molecule has 1 saturated carbocycles. The lowest BCUT2D eigenvalue weighted by atomic mass is 9.67. The first-order chi connectivity index (χ1) is 6.04. The predicted molar refractivity (Wildman–Crippen MR) is 51.4 cm³/mol. The fourth-order valence-corrected chi connectivity index (χ4v) is 2.53. The molecule has 0 aromatic rings. The molecule has 2 fully saturated rings. The molecule has 2 heteroatoms. The van der Waals surface area contributed by atoms with Crippen LogP contribution in [0.2, 0.25) is 0 Å². The van der Waals surface area contributed by atoms with Gasteiger partial charge in [-0.25, -0.2) is 0 Å². The van der Waals surface area contributed by atoms with E-state index in [2.05, 4.69) is 20.8 Å². The van der Waals surface area contributed by atoms with Crippen molar-refractivity contribution < 1.29 is 9.47 Å². The summed E-state index contributed by atoms with van der Waals surface area (Å²) < 4.78 is 11.5. The van der Waals surface area contributed by atoms with Crippen molar-refractivity contribution in [2.75, 3.05) is 13.2 Å². The van der Waals surface area contributed by atoms with Crippen LogP contribution in [0.5, 0.6) is 0 Å². The van der Waals surface area contributed by atoms with E-state index in [0.717, 1.165) is 32.0 Å². The van der Waals surface area contributed by atoms with Crippen molar-refractivity contribution in [3.05, 3.63) is 0 Å². The minimum absolute atomic E-state index is 0.212. The molecule has 2 nitrogen and oxygen atoms in total. The first kappa shape index (κ1) is 9.47. The van der Waals surface area contributed by atoms with E-state index in [4.69, 9.17) is 9.47 Å². The second kappa shape index (κ2) is 2.96. The molecule has 1 atom stereocenters. The molecule has 2 aliphatic rings. The summed E-state index contributed by atoms with van der Waals surface area (Å²) in [5.74, 6) is 0.571. The third-order valence-corrected chi connectivity index (χ3v) is 3.83. The maximum Gasteiger partial charge on any atom is 0.169 e. The molecule has 1 spiro atoms. The number of hydrogen-bond donors (Lipinski definition) is 0. The highest BCUT2D eigenvalue weighted by atomic mass is 16.7. The Balaban J connectivity index is 2.10. The van der Waals surface area contributed by atoms with Crippen molar-refractivity contribution in [2.45, 2.75) is 45.8 Å².